The van der Waals surface area contributed by atoms with Gasteiger partial charge >= 0.3 is 0 Å². The highest BCUT2D eigenvalue weighted by molar-refractivity contribution is 7.99. The molecule has 1 aromatic rings. The minimum absolute atomic E-state index is 0.305. The van der Waals surface area contributed by atoms with Gasteiger partial charge < -0.3 is 16.8 Å². The number of benzene rings is 1. The number of primary amides is 1. The van der Waals surface area contributed by atoms with Crippen LogP contribution in [0.15, 0.2) is 23.1 Å². The number of thioether (sulfide) groups is 1. The van der Waals surface area contributed by atoms with Crippen molar-refractivity contribution in [3.8, 4) is 0 Å². The molecular formula is C13H19N3OS2. The van der Waals surface area contributed by atoms with Gasteiger partial charge in [0, 0.05) is 16.1 Å². The van der Waals surface area contributed by atoms with Crippen molar-refractivity contribution in [3.05, 3.63) is 23.8 Å². The summed E-state index contributed by atoms with van der Waals surface area (Å²) < 4.78 is 0. The van der Waals surface area contributed by atoms with Crippen LogP contribution in [0.2, 0.25) is 0 Å². The average molecular weight is 297 g/mol. The van der Waals surface area contributed by atoms with Crippen LogP contribution in [0.1, 0.15) is 26.3 Å². The Balaban J connectivity index is 3.24. The topological polar surface area (TPSA) is 81.1 Å². The lowest BCUT2D eigenvalue weighted by molar-refractivity contribution is -0.121. The fraction of sp³-hybridized carbons (Fsp3) is 0.385. The molecule has 104 valence electrons. The molecule has 5 N–H and O–H groups in total. The summed E-state index contributed by atoms with van der Waals surface area (Å²) in [6.07, 6.45) is 0. The summed E-state index contributed by atoms with van der Waals surface area (Å²) >= 11 is 6.77. The summed E-state index contributed by atoms with van der Waals surface area (Å²) in [5.41, 5.74) is 11.8. The van der Waals surface area contributed by atoms with E-state index in [1.54, 1.807) is 25.6 Å². The van der Waals surface area contributed by atoms with Crippen molar-refractivity contribution in [2.45, 2.75) is 31.2 Å². The zero-order chi connectivity index (χ0) is 14.6. The van der Waals surface area contributed by atoms with Crippen molar-refractivity contribution in [3.63, 3.8) is 0 Å². The summed E-state index contributed by atoms with van der Waals surface area (Å²) in [4.78, 5) is 12.7. The van der Waals surface area contributed by atoms with Gasteiger partial charge in [0.1, 0.15) is 10.5 Å². The normalized spacial score (nSPS) is 11.1. The second kappa shape index (κ2) is 6.25. The molecule has 0 unspecified atom stereocenters. The molecule has 1 rings (SSSR count). The van der Waals surface area contributed by atoms with E-state index in [2.05, 4.69) is 12.2 Å². The van der Waals surface area contributed by atoms with Gasteiger partial charge in [-0.15, -0.1) is 11.8 Å². The Bertz CT molecular complexity index is 501. The molecule has 1 aromatic carbocycles. The fourth-order valence-electron chi connectivity index (χ4n) is 1.56. The predicted octanol–water partition coefficient (Wildman–Crippen LogP) is 2.11. The third kappa shape index (κ3) is 3.84. The second-order valence-electron chi connectivity index (χ2n) is 4.59. The van der Waals surface area contributed by atoms with Gasteiger partial charge in [0.15, 0.2) is 0 Å². The first-order chi connectivity index (χ1) is 8.79. The molecule has 0 atom stereocenters. The number of hydrogen-bond acceptors (Lipinski definition) is 4. The molecule has 0 aliphatic heterocycles. The highest BCUT2D eigenvalue weighted by Crippen LogP contribution is 2.30. The van der Waals surface area contributed by atoms with Gasteiger partial charge in [0.2, 0.25) is 5.91 Å². The minimum atomic E-state index is -0.866. The van der Waals surface area contributed by atoms with Crippen molar-refractivity contribution in [2.24, 2.45) is 11.5 Å². The van der Waals surface area contributed by atoms with E-state index in [9.17, 15) is 4.79 Å². The van der Waals surface area contributed by atoms with Crippen LogP contribution in [-0.4, -0.2) is 22.2 Å². The third-order valence-corrected chi connectivity index (χ3v) is 3.78. The van der Waals surface area contributed by atoms with Gasteiger partial charge in [-0.3, -0.25) is 4.79 Å². The number of carbonyl (C=O) groups excluding carboxylic acids is 1. The molecule has 0 saturated carbocycles. The van der Waals surface area contributed by atoms with Crippen molar-refractivity contribution in [1.82, 2.24) is 0 Å². The Kier molecular flexibility index (Phi) is 5.20. The molecule has 0 fully saturated rings. The fourth-order valence-corrected chi connectivity index (χ4v) is 2.70. The standard InChI is InChI=1S/C13H19N3OS2/c1-4-19-9-7-5-6-8(10(9)11(14)18)16-13(2,3)12(15)17/h5-7,16H,4H2,1-3H3,(H2,14,18)(H2,15,17). The van der Waals surface area contributed by atoms with Crippen LogP contribution in [0.4, 0.5) is 5.69 Å². The smallest absolute Gasteiger partial charge is 0.242 e. The maximum absolute atomic E-state index is 11.4. The number of hydrogen-bond donors (Lipinski definition) is 3. The quantitative estimate of drug-likeness (QED) is 0.553. The van der Waals surface area contributed by atoms with Gasteiger partial charge in [-0.1, -0.05) is 25.2 Å². The van der Waals surface area contributed by atoms with E-state index < -0.39 is 11.4 Å². The first-order valence-electron chi connectivity index (χ1n) is 5.93. The second-order valence-corrected chi connectivity index (χ2v) is 6.34. The molecule has 1 amide bonds. The van der Waals surface area contributed by atoms with Crippen LogP contribution in [0.3, 0.4) is 0 Å². The van der Waals surface area contributed by atoms with Gasteiger partial charge in [0.05, 0.1) is 0 Å². The van der Waals surface area contributed by atoms with Gasteiger partial charge in [-0.25, -0.2) is 0 Å². The molecule has 0 aliphatic carbocycles. The Labute approximate surface area is 123 Å². The third-order valence-electron chi connectivity index (χ3n) is 2.64. The number of carbonyl (C=O) groups is 1. The van der Waals surface area contributed by atoms with Crippen molar-refractivity contribution in [1.29, 1.82) is 0 Å². The minimum Gasteiger partial charge on any atom is -0.389 e. The SMILES string of the molecule is CCSc1cccc(NC(C)(C)C(N)=O)c1C(N)=S. The molecular weight excluding hydrogens is 278 g/mol. The molecule has 0 radical (unpaired) electrons. The highest BCUT2D eigenvalue weighted by atomic mass is 32.2. The molecule has 19 heavy (non-hydrogen) atoms. The molecule has 0 bridgehead atoms. The Morgan fingerprint density at radius 3 is 2.53 bits per heavy atom. The van der Waals surface area contributed by atoms with Crippen molar-refractivity contribution >= 4 is 40.6 Å². The number of amides is 1. The molecule has 0 spiro atoms. The van der Waals surface area contributed by atoms with Crippen LogP contribution in [-0.2, 0) is 4.79 Å². The molecule has 6 heteroatoms. The summed E-state index contributed by atoms with van der Waals surface area (Å²) in [5.74, 6) is 0.480. The van der Waals surface area contributed by atoms with Crippen LogP contribution in [0, 0.1) is 0 Å². The van der Waals surface area contributed by atoms with Crippen molar-refractivity contribution < 1.29 is 4.79 Å². The molecule has 4 nitrogen and oxygen atoms in total. The van der Waals surface area contributed by atoms with Crippen LogP contribution >= 0.6 is 24.0 Å². The maximum atomic E-state index is 11.4. The lowest BCUT2D eigenvalue weighted by atomic mass is 10.0. The van der Waals surface area contributed by atoms with Crippen LogP contribution in [0.25, 0.3) is 0 Å². The predicted molar refractivity (Wildman–Crippen MR) is 85.6 cm³/mol. The van der Waals surface area contributed by atoms with Crippen LogP contribution < -0.4 is 16.8 Å². The number of nitrogens with two attached hydrogens (primary N) is 2. The van der Waals surface area contributed by atoms with Crippen LogP contribution in [0.5, 0.6) is 0 Å². The Morgan fingerprint density at radius 2 is 2.05 bits per heavy atom. The molecule has 0 heterocycles. The first-order valence-corrected chi connectivity index (χ1v) is 7.32. The van der Waals surface area contributed by atoms with Gasteiger partial charge in [-0.05, 0) is 31.7 Å². The Morgan fingerprint density at radius 1 is 1.42 bits per heavy atom. The van der Waals surface area contributed by atoms with E-state index in [0.717, 1.165) is 21.9 Å². The monoisotopic (exact) mass is 297 g/mol. The molecule has 0 aliphatic rings. The molecule has 0 saturated heterocycles. The lowest BCUT2D eigenvalue weighted by Gasteiger charge is -2.26. The maximum Gasteiger partial charge on any atom is 0.242 e. The van der Waals surface area contributed by atoms with Crippen molar-refractivity contribution in [2.75, 3.05) is 11.1 Å². The highest BCUT2D eigenvalue weighted by Gasteiger charge is 2.26. The van der Waals surface area contributed by atoms with E-state index in [-0.39, 0.29) is 0 Å². The van der Waals surface area contributed by atoms with Gasteiger partial charge in [0.25, 0.3) is 0 Å². The van der Waals surface area contributed by atoms with E-state index >= 15 is 0 Å². The number of nitrogens with one attached hydrogen (secondary N) is 1. The van der Waals surface area contributed by atoms with Gasteiger partial charge in [-0.2, -0.15) is 0 Å². The van der Waals surface area contributed by atoms with E-state index in [1.807, 2.05) is 18.2 Å². The summed E-state index contributed by atoms with van der Waals surface area (Å²) in [6, 6.07) is 5.71. The summed E-state index contributed by atoms with van der Waals surface area (Å²) in [6.45, 7) is 5.50. The zero-order valence-corrected chi connectivity index (χ0v) is 13.0. The summed E-state index contributed by atoms with van der Waals surface area (Å²) in [5, 5.41) is 3.11. The largest absolute Gasteiger partial charge is 0.389 e. The van der Waals surface area contributed by atoms with E-state index in [1.165, 1.54) is 0 Å². The Hall–Kier alpha value is -1.27. The van der Waals surface area contributed by atoms with E-state index in [0.29, 0.717) is 4.99 Å². The van der Waals surface area contributed by atoms with E-state index in [4.69, 9.17) is 23.7 Å². The molecule has 0 aromatic heterocycles. The lowest BCUT2D eigenvalue weighted by Crippen LogP contribution is -2.45. The number of anilines is 1. The number of thiocarbonyl (C=S) groups is 1. The number of rotatable bonds is 6. The summed E-state index contributed by atoms with van der Waals surface area (Å²) in [7, 11) is 0. The first kappa shape index (κ1) is 15.8. The zero-order valence-electron chi connectivity index (χ0n) is 11.3. The average Bonchev–Trinajstić information content (AvgIpc) is 2.28.